The first-order valence-electron chi connectivity index (χ1n) is 13.8. The Morgan fingerprint density at radius 1 is 0.673 bits per heavy atom. The van der Waals surface area contributed by atoms with Gasteiger partial charge in [0.2, 0.25) is 0 Å². The number of anilines is 1. The minimum Gasteiger partial charge on any atom is -0.504 e. The number of hydrogen-bond donors (Lipinski definition) is 8. The number of phenols is 4. The Morgan fingerprint density at radius 2 is 1.31 bits per heavy atom. The Morgan fingerprint density at radius 3 is 1.94 bits per heavy atom. The Balaban J connectivity index is 1.64. The van der Waals surface area contributed by atoms with Crippen molar-refractivity contribution in [3.8, 4) is 45.3 Å². The molecule has 0 saturated heterocycles. The number of phenolic OH excluding ortho intramolecular Hbond substituents is 4. The molecule has 0 aliphatic carbocycles. The van der Waals surface area contributed by atoms with E-state index >= 15 is 0 Å². The predicted octanol–water partition coefficient (Wildman–Crippen LogP) is 7.32. The summed E-state index contributed by atoms with van der Waals surface area (Å²) in [6, 6.07) is 20.0. The minimum atomic E-state index is -4.95. The van der Waals surface area contributed by atoms with E-state index in [4.69, 9.17) is 15.3 Å². The lowest BCUT2D eigenvalue weighted by Gasteiger charge is -2.14. The fraction of sp³-hybridized carbons (Fsp3) is 0. The van der Waals surface area contributed by atoms with Crippen LogP contribution in [0.5, 0.6) is 23.0 Å². The van der Waals surface area contributed by atoms with E-state index in [0.717, 1.165) is 24.3 Å². The number of rotatable bonds is 11. The summed E-state index contributed by atoms with van der Waals surface area (Å²) in [5.41, 5.74) is 16.8. The summed E-state index contributed by atoms with van der Waals surface area (Å²) in [4.78, 5) is -1.15. The zero-order valence-corrected chi connectivity index (χ0v) is 26.4. The Bertz CT molecular complexity index is 2370. The molecule has 0 fully saturated rings. The molecule has 0 aromatic heterocycles. The van der Waals surface area contributed by atoms with Crippen LogP contribution in [0.25, 0.3) is 34.4 Å². The zero-order valence-electron chi connectivity index (χ0n) is 24.8. The van der Waals surface area contributed by atoms with Crippen LogP contribution in [0.2, 0.25) is 0 Å². The van der Waals surface area contributed by atoms with Crippen LogP contribution in [-0.4, -0.2) is 41.8 Å². The van der Waals surface area contributed by atoms with E-state index in [2.05, 4.69) is 15.7 Å². The third-order valence-electron chi connectivity index (χ3n) is 7.12. The maximum Gasteiger partial charge on any atom is 0.318 e. The molecule has 15 nitrogen and oxygen atoms in total. The highest BCUT2D eigenvalue weighted by atomic mass is 32.2. The molecule has 17 heteroatoms. The smallest absolute Gasteiger partial charge is 0.318 e. The average Bonchev–Trinajstić information content (AvgIpc) is 3.08. The van der Waals surface area contributed by atoms with Gasteiger partial charge in [0.25, 0.3) is 10.1 Å². The zero-order chi connectivity index (χ0) is 35.5. The van der Waals surface area contributed by atoms with Crippen molar-refractivity contribution >= 4 is 49.5 Å². The number of hydrogen-bond acceptors (Lipinski definition) is 14. The topological polar surface area (TPSA) is 263 Å². The van der Waals surface area contributed by atoms with Crippen LogP contribution in [0.15, 0.2) is 111 Å². The van der Waals surface area contributed by atoms with E-state index in [9.17, 15) is 41.8 Å². The third kappa shape index (κ3) is 7.24. The first-order valence-corrected chi connectivity index (χ1v) is 16.6. The van der Waals surface area contributed by atoms with E-state index < -0.39 is 53.0 Å². The molecule has 0 spiro atoms. The van der Waals surface area contributed by atoms with Crippen LogP contribution in [0, 0.1) is 11.1 Å². The van der Waals surface area contributed by atoms with Gasteiger partial charge in [0.1, 0.15) is 9.79 Å². The number of nitrogens with zero attached hydrogens (tertiary/aromatic N) is 2. The van der Waals surface area contributed by atoms with Crippen molar-refractivity contribution in [3.63, 3.8) is 0 Å². The van der Waals surface area contributed by atoms with Crippen LogP contribution in [0.1, 0.15) is 11.1 Å². The third-order valence-corrected chi connectivity index (χ3v) is 9.22. The summed E-state index contributed by atoms with van der Waals surface area (Å²) < 4.78 is 67.2. The summed E-state index contributed by atoms with van der Waals surface area (Å²) >= 11 is 0. The monoisotopic (exact) mass is 703 g/mol. The lowest BCUT2D eigenvalue weighted by molar-refractivity contribution is 0.390. The van der Waals surface area contributed by atoms with Gasteiger partial charge in [-0.1, -0.05) is 54.6 Å². The van der Waals surface area contributed by atoms with Gasteiger partial charge in [-0.2, -0.15) is 27.1 Å². The number of nitrogens with one attached hydrogen (secondary N) is 3. The number of benzene rings is 5. The summed E-state index contributed by atoms with van der Waals surface area (Å²) in [6.07, 6.45) is 2.40. The quantitative estimate of drug-likeness (QED) is 0.0222. The number of para-hydroxylation sites is 1. The molecule has 49 heavy (non-hydrogen) atoms. The number of aromatic hydroxyl groups is 4. The lowest BCUT2D eigenvalue weighted by Crippen LogP contribution is -2.13. The second-order valence-electron chi connectivity index (χ2n) is 10.2. The van der Waals surface area contributed by atoms with Gasteiger partial charge in [-0.3, -0.25) is 4.55 Å². The van der Waals surface area contributed by atoms with Gasteiger partial charge >= 0.3 is 10.1 Å². The van der Waals surface area contributed by atoms with Crippen molar-refractivity contribution in [2.45, 2.75) is 9.79 Å². The first-order chi connectivity index (χ1) is 23.2. The molecule has 0 atom stereocenters. The van der Waals surface area contributed by atoms with Crippen LogP contribution < -0.4 is 5.48 Å². The van der Waals surface area contributed by atoms with Crippen molar-refractivity contribution in [1.82, 2.24) is 0 Å². The van der Waals surface area contributed by atoms with Gasteiger partial charge in [-0.25, -0.2) is 16.5 Å². The van der Waals surface area contributed by atoms with Gasteiger partial charge in [-0.15, -0.1) is 4.28 Å². The highest BCUT2D eigenvalue weighted by Crippen LogP contribution is 2.44. The molecule has 0 aliphatic heterocycles. The highest BCUT2D eigenvalue weighted by Gasteiger charge is 2.24. The van der Waals surface area contributed by atoms with Crippen molar-refractivity contribution in [2.75, 3.05) is 5.48 Å². The van der Waals surface area contributed by atoms with Gasteiger partial charge in [0, 0.05) is 11.6 Å². The molecule has 5 aromatic rings. The molecule has 0 aliphatic rings. The molecular formula is C32H25N5O10S2. The maximum absolute atomic E-state index is 13.6. The van der Waals surface area contributed by atoms with E-state index in [1.165, 1.54) is 48.6 Å². The van der Waals surface area contributed by atoms with E-state index in [1.54, 1.807) is 30.3 Å². The molecule has 0 unspecified atom stereocenters. The minimum absolute atomic E-state index is 0.0260. The van der Waals surface area contributed by atoms with Gasteiger partial charge in [0.05, 0.1) is 22.6 Å². The maximum atomic E-state index is 13.6. The van der Waals surface area contributed by atoms with Crippen molar-refractivity contribution in [2.24, 2.45) is 10.2 Å². The lowest BCUT2D eigenvalue weighted by atomic mass is 9.99. The molecule has 5 rings (SSSR count). The largest absolute Gasteiger partial charge is 0.504 e. The van der Waals surface area contributed by atoms with Crippen LogP contribution in [-0.2, 0) is 24.5 Å². The molecular weight excluding hydrogens is 679 g/mol. The fourth-order valence-electron chi connectivity index (χ4n) is 4.78. The second-order valence-corrected chi connectivity index (χ2v) is 13.1. The average molecular weight is 704 g/mol. The Labute approximate surface area is 278 Å². The van der Waals surface area contributed by atoms with Crippen LogP contribution in [0.3, 0.4) is 0 Å². The van der Waals surface area contributed by atoms with Crippen LogP contribution >= 0.6 is 0 Å². The predicted molar refractivity (Wildman–Crippen MR) is 177 cm³/mol. The molecule has 0 bridgehead atoms. The van der Waals surface area contributed by atoms with Gasteiger partial charge in [-0.05, 0) is 64.7 Å². The first kappa shape index (κ1) is 34.2. The normalized spacial score (nSPS) is 11.8. The molecule has 250 valence electrons. The molecule has 5 aromatic carbocycles. The second kappa shape index (κ2) is 13.5. The highest BCUT2D eigenvalue weighted by molar-refractivity contribution is 7.87. The summed E-state index contributed by atoms with van der Waals surface area (Å²) in [5, 5.41) is 47.6. The molecule has 0 amide bonds. The summed E-state index contributed by atoms with van der Waals surface area (Å²) in [5.74, 6) is -2.47. The Hall–Kier alpha value is -6.14. The molecule has 0 saturated carbocycles. The van der Waals surface area contributed by atoms with E-state index in [0.29, 0.717) is 5.69 Å². The van der Waals surface area contributed by atoms with Crippen molar-refractivity contribution in [3.05, 3.63) is 102 Å². The SMILES string of the molecule is N=Nc1cc(O)c(O)c(-c2ccc(C=Cc3ccc(-c4c(N=N)ccc(O)c4O)cc3S(=O)(=O)O)c(S(=O)(=O)ONc3ccccc3)c2)c1. The van der Waals surface area contributed by atoms with Gasteiger partial charge < -0.3 is 20.4 Å². The summed E-state index contributed by atoms with van der Waals surface area (Å²) in [6.45, 7) is 0. The van der Waals surface area contributed by atoms with E-state index in [1.807, 2.05) is 0 Å². The molecule has 0 heterocycles. The van der Waals surface area contributed by atoms with Gasteiger partial charge in [0.15, 0.2) is 23.0 Å². The fourth-order valence-corrected chi connectivity index (χ4v) is 6.48. The molecule has 0 radical (unpaired) electrons. The summed E-state index contributed by atoms with van der Waals surface area (Å²) in [7, 11) is -9.62. The Kier molecular flexibility index (Phi) is 9.45. The van der Waals surface area contributed by atoms with Crippen molar-refractivity contribution < 1.29 is 46.1 Å². The van der Waals surface area contributed by atoms with Crippen LogP contribution in [0.4, 0.5) is 17.1 Å². The standard InChI is InChI=1S/C32H25N5O10S2/c33-35-23-16-24(31(40)27(39)17-23)20-10-8-19(29(14-20)49(45,46)47-37-22-4-2-1-3-5-22)7-6-18-9-11-21(15-28(18)48(42,43)44)30-25(36-34)12-13-26(38)32(30)41/h1-17,33-34,37-41H,(H,42,43,44). The van der Waals surface area contributed by atoms with Crippen molar-refractivity contribution in [1.29, 1.82) is 11.1 Å². The van der Waals surface area contributed by atoms with E-state index in [-0.39, 0.29) is 44.8 Å². The molecule has 8 N–H and O–H groups in total.